The lowest BCUT2D eigenvalue weighted by Crippen LogP contribution is -2.36. The molecule has 0 bridgehead atoms. The van der Waals surface area contributed by atoms with Crippen LogP contribution in [0.4, 0.5) is 0 Å². The summed E-state index contributed by atoms with van der Waals surface area (Å²) in [5.41, 5.74) is 2.17. The lowest BCUT2D eigenvalue weighted by molar-refractivity contribution is -0.118. The predicted octanol–water partition coefficient (Wildman–Crippen LogP) is 2.32. The van der Waals surface area contributed by atoms with Crippen molar-refractivity contribution in [2.45, 2.75) is 24.0 Å². The predicted molar refractivity (Wildman–Crippen MR) is 99.0 cm³/mol. The molecule has 0 aliphatic heterocycles. The minimum Gasteiger partial charge on any atom is -0.354 e. The summed E-state index contributed by atoms with van der Waals surface area (Å²) in [4.78, 5) is 12.1. The molecule has 1 amide bonds. The number of rotatable bonds is 7. The molecule has 26 heavy (non-hydrogen) atoms. The van der Waals surface area contributed by atoms with Crippen LogP contribution in [-0.2, 0) is 25.8 Å². The van der Waals surface area contributed by atoms with Gasteiger partial charge < -0.3 is 5.32 Å². The number of carbonyl (C=O) groups is 1. The van der Waals surface area contributed by atoms with E-state index in [1.165, 1.54) is 5.56 Å². The largest absolute Gasteiger partial charge is 0.354 e. The SMILES string of the molecule is N#Cc1ccc(CS(=O)(=O)CC(=O)NCC2(c3ccccc3)CC2)cc1. The number of nitrogens with one attached hydrogen (secondary N) is 1. The van der Waals surface area contributed by atoms with E-state index in [-0.39, 0.29) is 11.2 Å². The van der Waals surface area contributed by atoms with Gasteiger partial charge in [0, 0.05) is 12.0 Å². The van der Waals surface area contributed by atoms with Crippen LogP contribution >= 0.6 is 0 Å². The summed E-state index contributed by atoms with van der Waals surface area (Å²) in [6.07, 6.45) is 1.99. The standard InChI is InChI=1S/C20H20N2O3S/c21-12-16-6-8-17(9-7-16)13-26(24,25)14-19(23)22-15-20(10-11-20)18-4-2-1-3-5-18/h1-9H,10-11,13-15H2,(H,22,23). The summed E-state index contributed by atoms with van der Waals surface area (Å²) in [7, 11) is -3.56. The Morgan fingerprint density at radius 3 is 2.31 bits per heavy atom. The lowest BCUT2D eigenvalue weighted by atomic mass is 9.96. The van der Waals surface area contributed by atoms with Gasteiger partial charge in [-0.25, -0.2) is 8.42 Å². The Morgan fingerprint density at radius 1 is 1.08 bits per heavy atom. The van der Waals surface area contributed by atoms with Crippen LogP contribution in [0.5, 0.6) is 0 Å². The molecule has 134 valence electrons. The van der Waals surface area contributed by atoms with Gasteiger partial charge in [0.2, 0.25) is 5.91 Å². The van der Waals surface area contributed by atoms with Gasteiger partial charge in [0.05, 0.1) is 17.4 Å². The average molecular weight is 368 g/mol. The number of sulfone groups is 1. The molecule has 0 unspecified atom stereocenters. The minimum absolute atomic E-state index is 0.0478. The Bertz CT molecular complexity index is 925. The second kappa shape index (κ2) is 7.30. The second-order valence-electron chi connectivity index (χ2n) is 6.76. The Morgan fingerprint density at radius 2 is 1.73 bits per heavy atom. The third-order valence-corrected chi connectivity index (χ3v) is 6.16. The first kappa shape index (κ1) is 18.2. The van der Waals surface area contributed by atoms with Gasteiger partial charge in [-0.3, -0.25) is 4.79 Å². The molecule has 0 spiro atoms. The zero-order valence-electron chi connectivity index (χ0n) is 14.3. The maximum atomic E-state index is 12.2. The highest BCUT2D eigenvalue weighted by molar-refractivity contribution is 7.91. The topological polar surface area (TPSA) is 87.0 Å². The number of nitriles is 1. The van der Waals surface area contributed by atoms with Crippen LogP contribution < -0.4 is 5.32 Å². The van der Waals surface area contributed by atoms with E-state index in [2.05, 4.69) is 5.32 Å². The number of amides is 1. The van der Waals surface area contributed by atoms with Gasteiger partial charge in [0.25, 0.3) is 0 Å². The monoisotopic (exact) mass is 368 g/mol. The van der Waals surface area contributed by atoms with Gasteiger partial charge in [-0.05, 0) is 36.1 Å². The molecule has 2 aromatic rings. The zero-order chi connectivity index (χ0) is 18.6. The van der Waals surface area contributed by atoms with Gasteiger partial charge >= 0.3 is 0 Å². The van der Waals surface area contributed by atoms with Crippen LogP contribution in [0.1, 0.15) is 29.5 Å². The highest BCUT2D eigenvalue weighted by Crippen LogP contribution is 2.47. The molecule has 0 saturated heterocycles. The molecule has 1 N–H and O–H groups in total. The van der Waals surface area contributed by atoms with E-state index in [0.717, 1.165) is 12.8 Å². The summed E-state index contributed by atoms with van der Waals surface area (Å²) in [5, 5.41) is 11.6. The maximum Gasteiger partial charge on any atom is 0.235 e. The van der Waals surface area contributed by atoms with Gasteiger partial charge in [-0.15, -0.1) is 0 Å². The summed E-state index contributed by atoms with van der Waals surface area (Å²) >= 11 is 0. The molecule has 6 heteroatoms. The van der Waals surface area contributed by atoms with Crippen molar-refractivity contribution < 1.29 is 13.2 Å². The molecule has 0 radical (unpaired) electrons. The smallest absolute Gasteiger partial charge is 0.235 e. The Hall–Kier alpha value is -2.65. The van der Waals surface area contributed by atoms with Crippen LogP contribution in [0.25, 0.3) is 0 Å². The first-order chi connectivity index (χ1) is 12.4. The van der Waals surface area contributed by atoms with E-state index in [0.29, 0.717) is 17.7 Å². The van der Waals surface area contributed by atoms with Crippen molar-refractivity contribution in [2.75, 3.05) is 12.3 Å². The fraction of sp³-hybridized carbons (Fsp3) is 0.300. The fourth-order valence-corrected chi connectivity index (χ4v) is 4.31. The summed E-state index contributed by atoms with van der Waals surface area (Å²) in [6.45, 7) is 0.461. The molecule has 0 atom stereocenters. The average Bonchev–Trinajstić information content (AvgIpc) is 3.42. The first-order valence-electron chi connectivity index (χ1n) is 8.44. The minimum atomic E-state index is -3.56. The summed E-state index contributed by atoms with van der Waals surface area (Å²) in [5.74, 6) is -1.21. The van der Waals surface area contributed by atoms with Crippen LogP contribution in [0.15, 0.2) is 54.6 Å². The highest BCUT2D eigenvalue weighted by atomic mass is 32.2. The maximum absolute atomic E-state index is 12.2. The number of nitrogens with zero attached hydrogens (tertiary/aromatic N) is 1. The second-order valence-corrected chi connectivity index (χ2v) is 8.83. The number of hydrogen-bond donors (Lipinski definition) is 1. The molecule has 1 saturated carbocycles. The van der Waals surface area contributed by atoms with Gasteiger partial charge in [-0.2, -0.15) is 5.26 Å². The van der Waals surface area contributed by atoms with E-state index >= 15 is 0 Å². The normalized spacial score (nSPS) is 15.0. The van der Waals surface area contributed by atoms with Crippen molar-refractivity contribution >= 4 is 15.7 Å². The fourth-order valence-electron chi connectivity index (χ4n) is 3.01. The first-order valence-corrected chi connectivity index (χ1v) is 10.3. The summed E-state index contributed by atoms with van der Waals surface area (Å²) in [6, 6.07) is 18.3. The van der Waals surface area contributed by atoms with Crippen LogP contribution in [0, 0.1) is 11.3 Å². The quantitative estimate of drug-likeness (QED) is 0.812. The molecule has 1 fully saturated rings. The summed E-state index contributed by atoms with van der Waals surface area (Å²) < 4.78 is 24.5. The van der Waals surface area contributed by atoms with Crippen LogP contribution in [0.2, 0.25) is 0 Å². The van der Waals surface area contributed by atoms with Crippen molar-refractivity contribution in [1.29, 1.82) is 5.26 Å². The highest BCUT2D eigenvalue weighted by Gasteiger charge is 2.44. The molecule has 3 rings (SSSR count). The van der Waals surface area contributed by atoms with Crippen molar-refractivity contribution in [1.82, 2.24) is 5.32 Å². The Labute approximate surface area is 153 Å². The molecule has 0 aromatic heterocycles. The third kappa shape index (κ3) is 4.50. The van der Waals surface area contributed by atoms with E-state index in [9.17, 15) is 13.2 Å². The number of hydrogen-bond acceptors (Lipinski definition) is 4. The van der Waals surface area contributed by atoms with Crippen LogP contribution in [0.3, 0.4) is 0 Å². The zero-order valence-corrected chi connectivity index (χ0v) is 15.1. The molecule has 0 heterocycles. The van der Waals surface area contributed by atoms with E-state index in [4.69, 9.17) is 5.26 Å². The van der Waals surface area contributed by atoms with Crippen molar-refractivity contribution in [3.63, 3.8) is 0 Å². The van der Waals surface area contributed by atoms with E-state index < -0.39 is 21.5 Å². The molecule has 1 aliphatic carbocycles. The van der Waals surface area contributed by atoms with Crippen molar-refractivity contribution in [2.24, 2.45) is 0 Å². The molecular weight excluding hydrogens is 348 g/mol. The lowest BCUT2D eigenvalue weighted by Gasteiger charge is -2.16. The number of benzene rings is 2. The molecule has 1 aliphatic rings. The number of carbonyl (C=O) groups excluding carboxylic acids is 1. The molecule has 5 nitrogen and oxygen atoms in total. The van der Waals surface area contributed by atoms with Crippen LogP contribution in [-0.4, -0.2) is 26.6 Å². The van der Waals surface area contributed by atoms with E-state index in [1.54, 1.807) is 24.3 Å². The van der Waals surface area contributed by atoms with Gasteiger partial charge in [-0.1, -0.05) is 42.5 Å². The molecular formula is C20H20N2O3S. The van der Waals surface area contributed by atoms with Crippen molar-refractivity contribution in [3.8, 4) is 6.07 Å². The van der Waals surface area contributed by atoms with E-state index in [1.807, 2.05) is 36.4 Å². The third-order valence-electron chi connectivity index (χ3n) is 4.68. The Kier molecular flexibility index (Phi) is 5.10. The molecule has 2 aromatic carbocycles. The van der Waals surface area contributed by atoms with Gasteiger partial charge in [0.1, 0.15) is 5.75 Å². The Balaban J connectivity index is 1.54. The van der Waals surface area contributed by atoms with Crippen molar-refractivity contribution in [3.05, 3.63) is 71.3 Å². The van der Waals surface area contributed by atoms with Gasteiger partial charge in [0.15, 0.2) is 9.84 Å².